The number of nitrogens with one attached hydrogen (secondary N) is 2. The van der Waals surface area contributed by atoms with Crippen LogP contribution in [0.15, 0.2) is 58.1 Å². The van der Waals surface area contributed by atoms with Gasteiger partial charge in [0.1, 0.15) is 5.76 Å². The van der Waals surface area contributed by atoms with Gasteiger partial charge < -0.3 is 14.6 Å². The van der Waals surface area contributed by atoms with E-state index < -0.39 is 10.0 Å². The molecule has 2 amide bonds. The Morgan fingerprint density at radius 3 is 2.41 bits per heavy atom. The minimum absolute atomic E-state index is 0.0669. The lowest BCUT2D eigenvalue weighted by atomic mass is 10.2. The van der Waals surface area contributed by atoms with Gasteiger partial charge in [-0.15, -0.1) is 0 Å². The van der Waals surface area contributed by atoms with Gasteiger partial charge in [0.25, 0.3) is 0 Å². The van der Waals surface area contributed by atoms with Crippen molar-refractivity contribution in [3.05, 3.63) is 60.1 Å². The summed E-state index contributed by atoms with van der Waals surface area (Å²) < 4.78 is 32.3. The highest BCUT2D eigenvalue weighted by Crippen LogP contribution is 2.13. The van der Waals surface area contributed by atoms with E-state index in [1.165, 1.54) is 37.3 Å². The Bertz CT molecular complexity index is 1010. The van der Waals surface area contributed by atoms with E-state index in [1.54, 1.807) is 30.3 Å². The highest BCUT2D eigenvalue weighted by atomic mass is 32.2. The molecule has 8 nitrogen and oxygen atoms in total. The molecule has 1 saturated heterocycles. The van der Waals surface area contributed by atoms with E-state index >= 15 is 0 Å². The Kier molecular flexibility index (Phi) is 8.64. The zero-order valence-corrected chi connectivity index (χ0v) is 18.8. The topological polar surface area (TPSA) is 109 Å². The van der Waals surface area contributed by atoms with Gasteiger partial charge in [0.05, 0.1) is 17.7 Å². The van der Waals surface area contributed by atoms with Crippen LogP contribution in [0.4, 0.5) is 0 Å². The second kappa shape index (κ2) is 11.6. The maximum Gasteiger partial charge on any atom is 0.244 e. The summed E-state index contributed by atoms with van der Waals surface area (Å²) in [6.07, 6.45) is 9.15. The van der Waals surface area contributed by atoms with E-state index in [2.05, 4.69) is 10.0 Å². The Hall–Kier alpha value is -2.91. The van der Waals surface area contributed by atoms with Crippen molar-refractivity contribution >= 4 is 27.9 Å². The van der Waals surface area contributed by atoms with Crippen molar-refractivity contribution in [1.82, 2.24) is 14.9 Å². The van der Waals surface area contributed by atoms with E-state index in [4.69, 9.17) is 4.42 Å². The van der Waals surface area contributed by atoms with Gasteiger partial charge in [-0.25, -0.2) is 13.1 Å². The third kappa shape index (κ3) is 7.35. The normalized spacial score (nSPS) is 14.9. The number of carbonyl (C=O) groups is 2. The van der Waals surface area contributed by atoms with Crippen molar-refractivity contribution in [2.24, 2.45) is 0 Å². The first-order chi connectivity index (χ1) is 15.4. The second-order valence-corrected chi connectivity index (χ2v) is 9.41. The SMILES string of the molecule is O=C(/C=C/c1ccc(S(=O)(=O)NCc2ccco2)cc1)NCCC(=O)N1CCCCCC1. The molecular formula is C23H29N3O5S. The predicted molar refractivity (Wildman–Crippen MR) is 121 cm³/mol. The van der Waals surface area contributed by atoms with Crippen molar-refractivity contribution in [3.63, 3.8) is 0 Å². The molecule has 1 aliphatic heterocycles. The number of hydrogen-bond donors (Lipinski definition) is 2. The lowest BCUT2D eigenvalue weighted by Crippen LogP contribution is -2.34. The number of carbonyl (C=O) groups excluding carboxylic acids is 2. The molecule has 1 aromatic carbocycles. The largest absolute Gasteiger partial charge is 0.468 e. The monoisotopic (exact) mass is 459 g/mol. The third-order valence-corrected chi connectivity index (χ3v) is 6.65. The highest BCUT2D eigenvalue weighted by Gasteiger charge is 2.15. The van der Waals surface area contributed by atoms with Gasteiger partial charge in [-0.05, 0) is 48.7 Å². The average molecular weight is 460 g/mol. The van der Waals surface area contributed by atoms with Crippen molar-refractivity contribution in [2.45, 2.75) is 43.5 Å². The van der Waals surface area contributed by atoms with Gasteiger partial charge >= 0.3 is 0 Å². The summed E-state index contributed by atoms with van der Waals surface area (Å²) in [7, 11) is -3.67. The molecule has 1 fully saturated rings. The van der Waals surface area contributed by atoms with Gasteiger partial charge in [0.2, 0.25) is 21.8 Å². The fourth-order valence-corrected chi connectivity index (χ4v) is 4.42. The number of rotatable bonds is 9. The van der Waals surface area contributed by atoms with Crippen molar-refractivity contribution in [1.29, 1.82) is 0 Å². The minimum atomic E-state index is -3.67. The van der Waals surface area contributed by atoms with Crippen LogP contribution in [0.3, 0.4) is 0 Å². The predicted octanol–water partition coefficient (Wildman–Crippen LogP) is 2.68. The number of nitrogens with zero attached hydrogens (tertiary/aromatic N) is 1. The molecule has 0 bridgehead atoms. The van der Waals surface area contributed by atoms with Gasteiger partial charge in [-0.2, -0.15) is 0 Å². The Labute approximate surface area is 188 Å². The number of likely N-dealkylation sites (tertiary alicyclic amines) is 1. The van der Waals surface area contributed by atoms with Gasteiger partial charge in [0.15, 0.2) is 0 Å². The molecule has 0 unspecified atom stereocenters. The molecule has 32 heavy (non-hydrogen) atoms. The summed E-state index contributed by atoms with van der Waals surface area (Å²) in [5, 5.41) is 2.72. The number of furan rings is 1. The van der Waals surface area contributed by atoms with Crippen LogP contribution in [0, 0.1) is 0 Å². The van der Waals surface area contributed by atoms with Crippen LogP contribution in [0.1, 0.15) is 43.4 Å². The van der Waals surface area contributed by atoms with E-state index in [1.807, 2.05) is 4.90 Å². The van der Waals surface area contributed by atoms with E-state index in [0.717, 1.165) is 25.9 Å². The molecule has 2 aromatic rings. The minimum Gasteiger partial charge on any atom is -0.468 e. The Balaban J connectivity index is 1.43. The molecule has 0 radical (unpaired) electrons. The van der Waals surface area contributed by atoms with Crippen molar-refractivity contribution in [2.75, 3.05) is 19.6 Å². The fraction of sp³-hybridized carbons (Fsp3) is 0.391. The standard InChI is InChI=1S/C23H29N3O5S/c27-22(24-14-13-23(28)26-15-3-1-2-4-16-26)12-9-19-7-10-21(11-8-19)32(29,30)25-18-20-6-5-17-31-20/h5-12,17,25H,1-4,13-16,18H2,(H,24,27)/b12-9+. The third-order valence-electron chi connectivity index (χ3n) is 5.23. The van der Waals surface area contributed by atoms with Crippen LogP contribution in [0.25, 0.3) is 6.08 Å². The van der Waals surface area contributed by atoms with Crippen LogP contribution in [0.2, 0.25) is 0 Å². The van der Waals surface area contributed by atoms with Gasteiger partial charge in [0, 0.05) is 32.1 Å². The fourth-order valence-electron chi connectivity index (χ4n) is 3.42. The molecule has 1 aliphatic rings. The van der Waals surface area contributed by atoms with Crippen molar-refractivity contribution in [3.8, 4) is 0 Å². The molecule has 3 rings (SSSR count). The first kappa shape index (κ1) is 23.7. The lowest BCUT2D eigenvalue weighted by molar-refractivity contribution is -0.131. The molecule has 1 aromatic heterocycles. The molecule has 0 spiro atoms. The van der Waals surface area contributed by atoms with E-state index in [0.29, 0.717) is 11.3 Å². The molecule has 0 aliphatic carbocycles. The zero-order chi connectivity index (χ0) is 22.8. The summed E-state index contributed by atoms with van der Waals surface area (Å²) in [6, 6.07) is 9.56. The maximum atomic E-state index is 12.3. The van der Waals surface area contributed by atoms with Gasteiger partial charge in [-0.3, -0.25) is 9.59 Å². The smallest absolute Gasteiger partial charge is 0.244 e. The van der Waals surface area contributed by atoms with E-state index in [-0.39, 0.29) is 36.2 Å². The van der Waals surface area contributed by atoms with Gasteiger partial charge in [-0.1, -0.05) is 25.0 Å². The average Bonchev–Trinajstić information content (AvgIpc) is 3.17. The van der Waals surface area contributed by atoms with Crippen molar-refractivity contribution < 1.29 is 22.4 Å². The number of benzene rings is 1. The molecule has 0 atom stereocenters. The summed E-state index contributed by atoms with van der Waals surface area (Å²) in [4.78, 5) is 26.3. The van der Waals surface area contributed by atoms with Crippen LogP contribution < -0.4 is 10.0 Å². The zero-order valence-electron chi connectivity index (χ0n) is 18.0. The molecule has 0 saturated carbocycles. The molecule has 9 heteroatoms. The number of sulfonamides is 1. The summed E-state index contributed by atoms with van der Waals surface area (Å²) in [6.45, 7) is 1.96. The Morgan fingerprint density at radius 2 is 1.75 bits per heavy atom. The van der Waals surface area contributed by atoms with Crippen LogP contribution in [0.5, 0.6) is 0 Å². The molecular weight excluding hydrogens is 430 g/mol. The quantitative estimate of drug-likeness (QED) is 0.561. The van der Waals surface area contributed by atoms with Crippen LogP contribution >= 0.6 is 0 Å². The highest BCUT2D eigenvalue weighted by molar-refractivity contribution is 7.89. The first-order valence-corrected chi connectivity index (χ1v) is 12.3. The van der Waals surface area contributed by atoms with E-state index in [9.17, 15) is 18.0 Å². The lowest BCUT2D eigenvalue weighted by Gasteiger charge is -2.20. The van der Waals surface area contributed by atoms with Crippen LogP contribution in [-0.4, -0.2) is 44.8 Å². The number of amides is 2. The molecule has 172 valence electrons. The van der Waals surface area contributed by atoms with Crippen LogP contribution in [-0.2, 0) is 26.2 Å². The maximum absolute atomic E-state index is 12.3. The second-order valence-electron chi connectivity index (χ2n) is 7.64. The molecule has 2 heterocycles. The molecule has 2 N–H and O–H groups in total. The number of hydrogen-bond acceptors (Lipinski definition) is 5. The summed E-state index contributed by atoms with van der Waals surface area (Å²) >= 11 is 0. The summed E-state index contributed by atoms with van der Waals surface area (Å²) in [5.74, 6) is 0.298. The summed E-state index contributed by atoms with van der Waals surface area (Å²) in [5.41, 5.74) is 0.686. The first-order valence-electron chi connectivity index (χ1n) is 10.8. The Morgan fingerprint density at radius 1 is 1.03 bits per heavy atom.